The molecule has 0 spiro atoms. The van der Waals surface area contributed by atoms with Crippen LogP contribution in [0.2, 0.25) is 0 Å². The summed E-state index contributed by atoms with van der Waals surface area (Å²) in [4.78, 5) is 8.08. The fourth-order valence-electron chi connectivity index (χ4n) is 1.31. The molecular formula is C12H13FN4O. The van der Waals surface area contributed by atoms with Gasteiger partial charge in [0.05, 0.1) is 12.4 Å². The van der Waals surface area contributed by atoms with Crippen molar-refractivity contribution in [3.8, 4) is 11.5 Å². The summed E-state index contributed by atoms with van der Waals surface area (Å²) in [5.41, 5.74) is 5.34. The molecule has 0 saturated heterocycles. The lowest BCUT2D eigenvalue weighted by molar-refractivity contribution is 0.472. The van der Waals surface area contributed by atoms with Gasteiger partial charge >= 0.3 is 0 Å². The Morgan fingerprint density at radius 3 is 2.67 bits per heavy atom. The summed E-state index contributed by atoms with van der Waals surface area (Å²) in [5.74, 6) is 0.974. The van der Waals surface area contributed by atoms with Crippen molar-refractivity contribution in [3.05, 3.63) is 42.5 Å². The summed E-state index contributed by atoms with van der Waals surface area (Å²) >= 11 is 0. The van der Waals surface area contributed by atoms with Gasteiger partial charge in [-0.05, 0) is 12.1 Å². The van der Waals surface area contributed by atoms with Gasteiger partial charge in [0.25, 0.3) is 0 Å². The number of halogens is 1. The second kappa shape index (κ2) is 5.92. The topological polar surface area (TPSA) is 73.1 Å². The highest BCUT2D eigenvalue weighted by Gasteiger charge is 2.00. The van der Waals surface area contributed by atoms with E-state index in [1.165, 1.54) is 24.5 Å². The predicted octanol–water partition coefficient (Wildman–Crippen LogP) is 1.78. The standard InChI is InChI=1S/C12H13FN4O/c13-9-2-1-3-10(6-9)18-11-7-16-12(17-8-11)15-5-4-14/h1-3,6-8H,4-5,14H2,(H,15,16,17). The molecule has 0 unspecified atom stereocenters. The lowest BCUT2D eigenvalue weighted by Gasteiger charge is -2.06. The third-order valence-corrected chi connectivity index (χ3v) is 2.09. The fraction of sp³-hybridized carbons (Fsp3) is 0.167. The van der Waals surface area contributed by atoms with E-state index in [-0.39, 0.29) is 5.82 Å². The van der Waals surface area contributed by atoms with Gasteiger partial charge in [-0.15, -0.1) is 0 Å². The first-order chi connectivity index (χ1) is 8.78. The summed E-state index contributed by atoms with van der Waals surface area (Å²) in [7, 11) is 0. The third kappa shape index (κ3) is 3.39. The number of hydrogen-bond donors (Lipinski definition) is 2. The van der Waals surface area contributed by atoms with Crippen molar-refractivity contribution in [1.82, 2.24) is 9.97 Å². The molecule has 0 amide bonds. The van der Waals surface area contributed by atoms with Gasteiger partial charge in [0.15, 0.2) is 5.75 Å². The van der Waals surface area contributed by atoms with E-state index in [2.05, 4.69) is 15.3 Å². The number of anilines is 1. The summed E-state index contributed by atoms with van der Waals surface area (Å²) < 4.78 is 18.3. The van der Waals surface area contributed by atoms with Crippen molar-refractivity contribution in [1.29, 1.82) is 0 Å². The smallest absolute Gasteiger partial charge is 0.222 e. The molecule has 0 atom stereocenters. The van der Waals surface area contributed by atoms with E-state index >= 15 is 0 Å². The first-order valence-corrected chi connectivity index (χ1v) is 5.47. The molecular weight excluding hydrogens is 235 g/mol. The Labute approximate surface area is 104 Å². The average molecular weight is 248 g/mol. The summed E-state index contributed by atoms with van der Waals surface area (Å²) in [5, 5.41) is 2.93. The van der Waals surface area contributed by atoms with Crippen LogP contribution in [0, 0.1) is 5.82 Å². The zero-order valence-corrected chi connectivity index (χ0v) is 9.64. The largest absolute Gasteiger partial charge is 0.454 e. The molecule has 6 heteroatoms. The molecule has 0 radical (unpaired) electrons. The van der Waals surface area contributed by atoms with Crippen LogP contribution in [0.25, 0.3) is 0 Å². The predicted molar refractivity (Wildman–Crippen MR) is 66.1 cm³/mol. The van der Waals surface area contributed by atoms with E-state index in [4.69, 9.17) is 10.5 Å². The highest BCUT2D eigenvalue weighted by Crippen LogP contribution is 2.20. The minimum Gasteiger partial charge on any atom is -0.454 e. The average Bonchev–Trinajstić information content (AvgIpc) is 2.38. The second-order valence-electron chi connectivity index (χ2n) is 3.52. The molecule has 0 aliphatic heterocycles. The monoisotopic (exact) mass is 248 g/mol. The lowest BCUT2D eigenvalue weighted by atomic mass is 10.3. The summed E-state index contributed by atoms with van der Waals surface area (Å²) in [6.45, 7) is 1.11. The van der Waals surface area contributed by atoms with Crippen LogP contribution in [0.5, 0.6) is 11.5 Å². The summed E-state index contributed by atoms with van der Waals surface area (Å²) in [6.07, 6.45) is 3.02. The van der Waals surface area contributed by atoms with Crippen LogP contribution in [0.3, 0.4) is 0 Å². The Morgan fingerprint density at radius 1 is 1.22 bits per heavy atom. The molecule has 2 rings (SSSR count). The highest BCUT2D eigenvalue weighted by atomic mass is 19.1. The van der Waals surface area contributed by atoms with E-state index in [0.717, 1.165) is 0 Å². The maximum Gasteiger partial charge on any atom is 0.222 e. The maximum atomic E-state index is 12.9. The molecule has 3 N–H and O–H groups in total. The van der Waals surface area contributed by atoms with Crippen LogP contribution in [-0.4, -0.2) is 23.1 Å². The SMILES string of the molecule is NCCNc1ncc(Oc2cccc(F)c2)cn1. The number of rotatable bonds is 5. The number of ether oxygens (including phenoxy) is 1. The molecule has 1 aromatic carbocycles. The van der Waals surface area contributed by atoms with Gasteiger partial charge in [-0.2, -0.15) is 0 Å². The normalized spacial score (nSPS) is 10.1. The van der Waals surface area contributed by atoms with E-state index in [1.807, 2.05) is 0 Å². The molecule has 1 aromatic heterocycles. The molecule has 2 aromatic rings. The molecule has 0 aliphatic carbocycles. The number of hydrogen-bond acceptors (Lipinski definition) is 5. The lowest BCUT2D eigenvalue weighted by Crippen LogP contribution is -2.14. The van der Waals surface area contributed by atoms with E-state index in [0.29, 0.717) is 30.5 Å². The number of nitrogens with two attached hydrogens (primary N) is 1. The van der Waals surface area contributed by atoms with Gasteiger partial charge in [0, 0.05) is 19.2 Å². The Kier molecular flexibility index (Phi) is 4.03. The van der Waals surface area contributed by atoms with Crippen LogP contribution in [0.4, 0.5) is 10.3 Å². The quantitative estimate of drug-likeness (QED) is 0.843. The molecule has 5 nitrogen and oxygen atoms in total. The molecule has 1 heterocycles. The Morgan fingerprint density at radius 2 is 2.00 bits per heavy atom. The molecule has 94 valence electrons. The van der Waals surface area contributed by atoms with Crippen molar-refractivity contribution in [3.63, 3.8) is 0 Å². The zero-order valence-electron chi connectivity index (χ0n) is 9.64. The Hall–Kier alpha value is -2.21. The van der Waals surface area contributed by atoms with Crippen LogP contribution in [0.15, 0.2) is 36.7 Å². The van der Waals surface area contributed by atoms with Crippen molar-refractivity contribution in [2.75, 3.05) is 18.4 Å². The minimum absolute atomic E-state index is 0.352. The number of nitrogens with zero attached hydrogens (tertiary/aromatic N) is 2. The molecule has 0 bridgehead atoms. The van der Waals surface area contributed by atoms with E-state index in [1.54, 1.807) is 12.1 Å². The number of nitrogens with one attached hydrogen (secondary N) is 1. The second-order valence-corrected chi connectivity index (χ2v) is 3.52. The zero-order chi connectivity index (χ0) is 12.8. The van der Waals surface area contributed by atoms with Gasteiger partial charge in [0.1, 0.15) is 11.6 Å². The maximum absolute atomic E-state index is 12.9. The fourth-order valence-corrected chi connectivity index (χ4v) is 1.31. The van der Waals surface area contributed by atoms with Gasteiger partial charge in [-0.1, -0.05) is 6.07 Å². The van der Waals surface area contributed by atoms with Gasteiger partial charge in [0.2, 0.25) is 5.95 Å². The first-order valence-electron chi connectivity index (χ1n) is 5.47. The molecule has 0 aliphatic rings. The van der Waals surface area contributed by atoms with E-state index < -0.39 is 0 Å². The Balaban J connectivity index is 2.02. The highest BCUT2D eigenvalue weighted by molar-refractivity contribution is 5.31. The van der Waals surface area contributed by atoms with Crippen LogP contribution >= 0.6 is 0 Å². The van der Waals surface area contributed by atoms with Crippen molar-refractivity contribution in [2.45, 2.75) is 0 Å². The van der Waals surface area contributed by atoms with Gasteiger partial charge in [-0.25, -0.2) is 14.4 Å². The number of benzene rings is 1. The first kappa shape index (κ1) is 12.3. The minimum atomic E-state index is -0.352. The summed E-state index contributed by atoms with van der Waals surface area (Å²) in [6, 6.07) is 5.87. The van der Waals surface area contributed by atoms with Crippen molar-refractivity contribution >= 4 is 5.95 Å². The molecule has 18 heavy (non-hydrogen) atoms. The van der Waals surface area contributed by atoms with Crippen molar-refractivity contribution < 1.29 is 9.13 Å². The van der Waals surface area contributed by atoms with Crippen molar-refractivity contribution in [2.24, 2.45) is 5.73 Å². The van der Waals surface area contributed by atoms with Crippen LogP contribution < -0.4 is 15.8 Å². The van der Waals surface area contributed by atoms with Crippen LogP contribution in [0.1, 0.15) is 0 Å². The molecule has 0 fully saturated rings. The van der Waals surface area contributed by atoms with Crippen LogP contribution in [-0.2, 0) is 0 Å². The molecule has 0 saturated carbocycles. The van der Waals surface area contributed by atoms with Gasteiger partial charge in [-0.3, -0.25) is 0 Å². The van der Waals surface area contributed by atoms with E-state index in [9.17, 15) is 4.39 Å². The number of aromatic nitrogens is 2. The third-order valence-electron chi connectivity index (χ3n) is 2.09. The Bertz CT molecular complexity index is 504. The van der Waals surface area contributed by atoms with Gasteiger partial charge < -0.3 is 15.8 Å².